The summed E-state index contributed by atoms with van der Waals surface area (Å²) in [4.78, 5) is 10.6. The SMILES string of the molecule is CN(Cc1ccncc1)c1nc2ccc(F)cc2s1. The van der Waals surface area contributed by atoms with Crippen LogP contribution in [0.4, 0.5) is 9.52 Å². The molecule has 3 aromatic rings. The van der Waals surface area contributed by atoms with Crippen LogP contribution in [0.3, 0.4) is 0 Å². The van der Waals surface area contributed by atoms with E-state index in [9.17, 15) is 4.39 Å². The zero-order valence-corrected chi connectivity index (χ0v) is 11.2. The van der Waals surface area contributed by atoms with E-state index in [1.165, 1.54) is 29.0 Å². The maximum atomic E-state index is 13.2. The Morgan fingerprint density at radius 1 is 1.21 bits per heavy atom. The number of aromatic nitrogens is 2. The average molecular weight is 273 g/mol. The summed E-state index contributed by atoms with van der Waals surface area (Å²) >= 11 is 1.50. The summed E-state index contributed by atoms with van der Waals surface area (Å²) in [6, 6.07) is 8.63. The number of fused-ring (bicyclic) bond motifs is 1. The van der Waals surface area contributed by atoms with Gasteiger partial charge in [0.25, 0.3) is 0 Å². The van der Waals surface area contributed by atoms with E-state index in [0.29, 0.717) is 0 Å². The van der Waals surface area contributed by atoms with E-state index in [-0.39, 0.29) is 5.82 Å². The molecule has 2 heterocycles. The molecule has 0 aliphatic heterocycles. The lowest BCUT2D eigenvalue weighted by atomic mass is 10.2. The topological polar surface area (TPSA) is 29.0 Å². The molecule has 5 heteroatoms. The van der Waals surface area contributed by atoms with E-state index in [2.05, 4.69) is 14.9 Å². The Morgan fingerprint density at radius 2 is 2.00 bits per heavy atom. The van der Waals surface area contributed by atoms with E-state index in [1.807, 2.05) is 19.2 Å². The highest BCUT2D eigenvalue weighted by Gasteiger charge is 2.09. The fraction of sp³-hybridized carbons (Fsp3) is 0.143. The monoisotopic (exact) mass is 273 g/mol. The molecule has 0 bridgehead atoms. The predicted molar refractivity (Wildman–Crippen MR) is 75.9 cm³/mol. The van der Waals surface area contributed by atoms with Crippen molar-refractivity contribution in [3.8, 4) is 0 Å². The number of anilines is 1. The molecule has 0 saturated carbocycles. The molecule has 3 nitrogen and oxygen atoms in total. The van der Waals surface area contributed by atoms with Crippen molar-refractivity contribution in [3.05, 3.63) is 54.1 Å². The summed E-state index contributed by atoms with van der Waals surface area (Å²) in [5.41, 5.74) is 2.01. The molecule has 0 radical (unpaired) electrons. The van der Waals surface area contributed by atoms with Gasteiger partial charge in [-0.25, -0.2) is 9.37 Å². The second-order valence-corrected chi connectivity index (χ2v) is 5.33. The second kappa shape index (κ2) is 4.93. The molecule has 19 heavy (non-hydrogen) atoms. The van der Waals surface area contributed by atoms with E-state index >= 15 is 0 Å². The lowest BCUT2D eigenvalue weighted by Crippen LogP contribution is -2.15. The molecule has 0 aliphatic carbocycles. The van der Waals surface area contributed by atoms with Crippen LogP contribution in [0.1, 0.15) is 5.56 Å². The fourth-order valence-corrected chi connectivity index (χ4v) is 2.83. The minimum Gasteiger partial charge on any atom is -0.347 e. The Hall–Kier alpha value is -2.01. The van der Waals surface area contributed by atoms with Crippen LogP contribution in [0, 0.1) is 5.82 Å². The van der Waals surface area contributed by atoms with Gasteiger partial charge in [-0.15, -0.1) is 0 Å². The van der Waals surface area contributed by atoms with Gasteiger partial charge in [0.2, 0.25) is 0 Å². The Bertz CT molecular complexity index is 696. The first-order valence-corrected chi connectivity index (χ1v) is 6.70. The Balaban J connectivity index is 1.87. The highest BCUT2D eigenvalue weighted by molar-refractivity contribution is 7.22. The Labute approximate surface area is 114 Å². The van der Waals surface area contributed by atoms with Gasteiger partial charge in [-0.3, -0.25) is 4.98 Å². The highest BCUT2D eigenvalue weighted by Crippen LogP contribution is 2.29. The van der Waals surface area contributed by atoms with Gasteiger partial charge < -0.3 is 4.90 Å². The number of hydrogen-bond donors (Lipinski definition) is 0. The number of thiazole rings is 1. The van der Waals surface area contributed by atoms with Gasteiger partial charge in [0.1, 0.15) is 5.82 Å². The number of benzene rings is 1. The number of rotatable bonds is 3. The van der Waals surface area contributed by atoms with Crippen LogP contribution in [0.25, 0.3) is 10.2 Å². The van der Waals surface area contributed by atoms with Crippen LogP contribution >= 0.6 is 11.3 Å². The Kier molecular flexibility index (Phi) is 3.13. The lowest BCUT2D eigenvalue weighted by molar-refractivity contribution is 0.630. The number of pyridine rings is 1. The van der Waals surface area contributed by atoms with Crippen molar-refractivity contribution in [2.24, 2.45) is 0 Å². The smallest absolute Gasteiger partial charge is 0.186 e. The minimum atomic E-state index is -0.223. The van der Waals surface area contributed by atoms with Crippen molar-refractivity contribution in [1.82, 2.24) is 9.97 Å². The molecule has 0 fully saturated rings. The van der Waals surface area contributed by atoms with Crippen molar-refractivity contribution < 1.29 is 4.39 Å². The van der Waals surface area contributed by atoms with Gasteiger partial charge in [0.15, 0.2) is 5.13 Å². The molecular formula is C14H12FN3S. The van der Waals surface area contributed by atoms with E-state index in [1.54, 1.807) is 18.5 Å². The number of halogens is 1. The predicted octanol–water partition coefficient (Wildman–Crippen LogP) is 3.47. The van der Waals surface area contributed by atoms with Gasteiger partial charge >= 0.3 is 0 Å². The zero-order chi connectivity index (χ0) is 13.2. The average Bonchev–Trinajstić information content (AvgIpc) is 2.83. The summed E-state index contributed by atoms with van der Waals surface area (Å²) in [6.45, 7) is 0.755. The van der Waals surface area contributed by atoms with E-state index in [4.69, 9.17) is 0 Å². The molecule has 0 atom stereocenters. The molecule has 1 aromatic carbocycles. The molecule has 0 amide bonds. The van der Waals surface area contributed by atoms with Crippen molar-refractivity contribution >= 4 is 26.7 Å². The zero-order valence-electron chi connectivity index (χ0n) is 10.4. The maximum Gasteiger partial charge on any atom is 0.186 e. The first-order valence-electron chi connectivity index (χ1n) is 5.88. The van der Waals surface area contributed by atoms with E-state index in [0.717, 1.165) is 21.9 Å². The third kappa shape index (κ3) is 2.56. The summed E-state index contributed by atoms with van der Waals surface area (Å²) < 4.78 is 14.0. The molecule has 2 aromatic heterocycles. The van der Waals surface area contributed by atoms with Crippen LogP contribution in [-0.4, -0.2) is 17.0 Å². The third-order valence-electron chi connectivity index (χ3n) is 2.83. The summed E-state index contributed by atoms with van der Waals surface area (Å²) in [5.74, 6) is -0.223. The maximum absolute atomic E-state index is 13.2. The van der Waals surface area contributed by atoms with E-state index < -0.39 is 0 Å². The highest BCUT2D eigenvalue weighted by atomic mass is 32.1. The quantitative estimate of drug-likeness (QED) is 0.731. The van der Waals surface area contributed by atoms with Gasteiger partial charge in [0, 0.05) is 26.0 Å². The number of hydrogen-bond acceptors (Lipinski definition) is 4. The molecule has 0 aliphatic rings. The van der Waals surface area contributed by atoms with Crippen molar-refractivity contribution in [2.75, 3.05) is 11.9 Å². The van der Waals surface area contributed by atoms with Gasteiger partial charge in [-0.2, -0.15) is 0 Å². The minimum absolute atomic E-state index is 0.223. The lowest BCUT2D eigenvalue weighted by Gasteiger charge is -2.15. The number of nitrogens with zero attached hydrogens (tertiary/aromatic N) is 3. The van der Waals surface area contributed by atoms with Crippen LogP contribution in [0.5, 0.6) is 0 Å². The molecule has 0 saturated heterocycles. The summed E-state index contributed by atoms with van der Waals surface area (Å²) in [5, 5.41) is 0.886. The van der Waals surface area contributed by atoms with Gasteiger partial charge in [-0.05, 0) is 35.9 Å². The summed E-state index contributed by atoms with van der Waals surface area (Å²) in [7, 11) is 1.98. The fourth-order valence-electron chi connectivity index (χ4n) is 1.88. The summed E-state index contributed by atoms with van der Waals surface area (Å²) in [6.07, 6.45) is 3.55. The van der Waals surface area contributed by atoms with Crippen LogP contribution < -0.4 is 4.90 Å². The van der Waals surface area contributed by atoms with Crippen molar-refractivity contribution in [2.45, 2.75) is 6.54 Å². The molecule has 96 valence electrons. The van der Waals surface area contributed by atoms with Gasteiger partial charge in [0.05, 0.1) is 10.2 Å². The van der Waals surface area contributed by atoms with Gasteiger partial charge in [-0.1, -0.05) is 11.3 Å². The molecular weight excluding hydrogens is 261 g/mol. The second-order valence-electron chi connectivity index (χ2n) is 4.32. The van der Waals surface area contributed by atoms with Crippen molar-refractivity contribution in [3.63, 3.8) is 0 Å². The van der Waals surface area contributed by atoms with Crippen LogP contribution in [0.15, 0.2) is 42.7 Å². The first-order chi connectivity index (χ1) is 9.22. The molecule has 3 rings (SSSR count). The third-order valence-corrected chi connectivity index (χ3v) is 3.97. The largest absolute Gasteiger partial charge is 0.347 e. The van der Waals surface area contributed by atoms with Crippen molar-refractivity contribution in [1.29, 1.82) is 0 Å². The first kappa shape index (κ1) is 12.0. The van der Waals surface area contributed by atoms with Crippen LogP contribution in [0.2, 0.25) is 0 Å². The molecule has 0 N–H and O–H groups in total. The Morgan fingerprint density at radius 3 is 2.79 bits per heavy atom. The standard InChI is InChI=1S/C14H12FN3S/c1-18(9-10-4-6-16-7-5-10)14-17-12-3-2-11(15)8-13(12)19-14/h2-8H,9H2,1H3. The normalized spacial score (nSPS) is 10.8. The van der Waals surface area contributed by atoms with Crippen LogP contribution in [-0.2, 0) is 6.54 Å². The molecule has 0 spiro atoms. The molecule has 0 unspecified atom stereocenters.